The Hall–Kier alpha value is -1.26. The van der Waals surface area contributed by atoms with Gasteiger partial charge in [-0.25, -0.2) is 4.79 Å². The van der Waals surface area contributed by atoms with E-state index in [1.807, 2.05) is 4.90 Å². The molecule has 0 spiro atoms. The number of aromatic carboxylic acids is 1. The van der Waals surface area contributed by atoms with Crippen LogP contribution < -0.4 is 4.90 Å². The summed E-state index contributed by atoms with van der Waals surface area (Å²) in [5.74, 6) is -1.01. The van der Waals surface area contributed by atoms with E-state index in [0.717, 1.165) is 19.4 Å². The van der Waals surface area contributed by atoms with Crippen LogP contribution in [-0.4, -0.2) is 35.9 Å². The van der Waals surface area contributed by atoms with Gasteiger partial charge in [0.2, 0.25) is 0 Å². The average molecular weight is 272 g/mol. The summed E-state index contributed by atoms with van der Waals surface area (Å²) < 4.78 is 0. The second-order valence-electron chi connectivity index (χ2n) is 4.03. The SMILES string of the molecule is CCCCN(CCO)c1ccc(Cl)cc1C(=O)O. The highest BCUT2D eigenvalue weighted by Gasteiger charge is 2.15. The van der Waals surface area contributed by atoms with Gasteiger partial charge in [-0.1, -0.05) is 24.9 Å². The van der Waals surface area contributed by atoms with Crippen LogP contribution in [0.5, 0.6) is 0 Å². The molecule has 0 bridgehead atoms. The van der Waals surface area contributed by atoms with Gasteiger partial charge in [-0.15, -0.1) is 0 Å². The van der Waals surface area contributed by atoms with E-state index in [4.69, 9.17) is 16.7 Å². The van der Waals surface area contributed by atoms with E-state index in [2.05, 4.69) is 6.92 Å². The highest BCUT2D eigenvalue weighted by Crippen LogP contribution is 2.24. The van der Waals surface area contributed by atoms with Crippen LogP contribution in [0.1, 0.15) is 30.1 Å². The molecular formula is C13H18ClNO3. The first kappa shape index (κ1) is 14.8. The molecule has 0 aliphatic heterocycles. The van der Waals surface area contributed by atoms with Gasteiger partial charge in [0.1, 0.15) is 0 Å². The smallest absolute Gasteiger partial charge is 0.337 e. The average Bonchev–Trinajstić information content (AvgIpc) is 2.34. The van der Waals surface area contributed by atoms with Gasteiger partial charge in [-0.05, 0) is 24.6 Å². The quantitative estimate of drug-likeness (QED) is 0.800. The molecule has 0 aromatic heterocycles. The third kappa shape index (κ3) is 3.89. The lowest BCUT2D eigenvalue weighted by Crippen LogP contribution is -2.29. The van der Waals surface area contributed by atoms with Crippen LogP contribution >= 0.6 is 11.6 Å². The summed E-state index contributed by atoms with van der Waals surface area (Å²) in [6.45, 7) is 3.20. The van der Waals surface area contributed by atoms with Gasteiger partial charge in [0, 0.05) is 18.1 Å². The van der Waals surface area contributed by atoms with Gasteiger partial charge in [0.15, 0.2) is 0 Å². The number of aliphatic hydroxyl groups is 1. The number of rotatable bonds is 7. The minimum absolute atomic E-state index is 0.00853. The molecule has 1 rings (SSSR count). The van der Waals surface area contributed by atoms with Crippen molar-refractivity contribution in [1.82, 2.24) is 0 Å². The number of aliphatic hydroxyl groups excluding tert-OH is 1. The molecule has 0 radical (unpaired) electrons. The van der Waals surface area contributed by atoms with Gasteiger partial charge in [0.25, 0.3) is 0 Å². The van der Waals surface area contributed by atoms with E-state index < -0.39 is 5.97 Å². The van der Waals surface area contributed by atoms with E-state index in [9.17, 15) is 9.90 Å². The van der Waals surface area contributed by atoms with Crippen LogP contribution in [-0.2, 0) is 0 Å². The fourth-order valence-electron chi connectivity index (χ4n) is 1.78. The Balaban J connectivity index is 3.05. The molecule has 0 amide bonds. The van der Waals surface area contributed by atoms with E-state index in [1.54, 1.807) is 12.1 Å². The molecule has 0 aliphatic carbocycles. The molecule has 0 saturated heterocycles. The Labute approximate surface area is 112 Å². The molecule has 100 valence electrons. The zero-order valence-electron chi connectivity index (χ0n) is 10.4. The first-order valence-electron chi connectivity index (χ1n) is 5.98. The topological polar surface area (TPSA) is 60.8 Å². The molecule has 0 fully saturated rings. The summed E-state index contributed by atoms with van der Waals surface area (Å²) in [6.07, 6.45) is 1.96. The van der Waals surface area contributed by atoms with Crippen molar-refractivity contribution in [3.05, 3.63) is 28.8 Å². The Bertz CT molecular complexity index is 409. The molecule has 0 aliphatic rings. The Kier molecular flexibility index (Phi) is 5.95. The highest BCUT2D eigenvalue weighted by atomic mass is 35.5. The zero-order valence-corrected chi connectivity index (χ0v) is 11.2. The number of halogens is 1. The number of benzene rings is 1. The predicted octanol–water partition coefficient (Wildman–Crippen LogP) is 2.64. The second-order valence-corrected chi connectivity index (χ2v) is 4.47. The monoisotopic (exact) mass is 271 g/mol. The van der Waals surface area contributed by atoms with Crippen LogP contribution in [0.4, 0.5) is 5.69 Å². The summed E-state index contributed by atoms with van der Waals surface area (Å²) >= 11 is 5.82. The number of carbonyl (C=O) groups is 1. The standard InChI is InChI=1S/C13H18ClNO3/c1-2-3-6-15(7-8-16)12-5-4-10(14)9-11(12)13(17)18/h4-5,9,16H,2-3,6-8H2,1H3,(H,17,18). The van der Waals surface area contributed by atoms with Gasteiger partial charge in [0.05, 0.1) is 17.9 Å². The number of hydrogen-bond donors (Lipinski definition) is 2. The maximum Gasteiger partial charge on any atom is 0.337 e. The Morgan fingerprint density at radius 3 is 2.67 bits per heavy atom. The van der Waals surface area contributed by atoms with Crippen LogP contribution in [0.2, 0.25) is 5.02 Å². The molecule has 0 unspecified atom stereocenters. The Morgan fingerprint density at radius 1 is 1.39 bits per heavy atom. The summed E-state index contributed by atoms with van der Waals surface area (Å²) in [6, 6.07) is 4.80. The lowest BCUT2D eigenvalue weighted by atomic mass is 10.1. The van der Waals surface area contributed by atoms with Crippen molar-refractivity contribution in [2.24, 2.45) is 0 Å². The number of unbranched alkanes of at least 4 members (excludes halogenated alkanes) is 1. The molecule has 18 heavy (non-hydrogen) atoms. The summed E-state index contributed by atoms with van der Waals surface area (Å²) in [4.78, 5) is 13.1. The molecule has 5 heteroatoms. The maximum atomic E-state index is 11.2. The molecule has 1 aromatic carbocycles. The third-order valence-electron chi connectivity index (χ3n) is 2.68. The molecule has 2 N–H and O–H groups in total. The normalized spacial score (nSPS) is 10.4. The van der Waals surface area contributed by atoms with Gasteiger partial charge in [-0.3, -0.25) is 0 Å². The van der Waals surface area contributed by atoms with Gasteiger partial charge < -0.3 is 15.1 Å². The molecule has 4 nitrogen and oxygen atoms in total. The number of nitrogens with zero attached hydrogens (tertiary/aromatic N) is 1. The highest BCUT2D eigenvalue weighted by molar-refractivity contribution is 6.31. The summed E-state index contributed by atoms with van der Waals surface area (Å²) in [7, 11) is 0. The predicted molar refractivity (Wildman–Crippen MR) is 72.6 cm³/mol. The first-order valence-corrected chi connectivity index (χ1v) is 6.36. The van der Waals surface area contributed by atoms with Crippen LogP contribution in [0, 0.1) is 0 Å². The maximum absolute atomic E-state index is 11.2. The van der Waals surface area contributed by atoms with Crippen molar-refractivity contribution in [2.45, 2.75) is 19.8 Å². The number of hydrogen-bond acceptors (Lipinski definition) is 3. The third-order valence-corrected chi connectivity index (χ3v) is 2.92. The molecular weight excluding hydrogens is 254 g/mol. The first-order chi connectivity index (χ1) is 8.60. The van der Waals surface area contributed by atoms with Crippen molar-refractivity contribution in [1.29, 1.82) is 0 Å². The van der Waals surface area contributed by atoms with Crippen molar-refractivity contribution in [3.63, 3.8) is 0 Å². The van der Waals surface area contributed by atoms with E-state index >= 15 is 0 Å². The number of carboxylic acids is 1. The van der Waals surface area contributed by atoms with Gasteiger partial charge in [-0.2, -0.15) is 0 Å². The van der Waals surface area contributed by atoms with Crippen molar-refractivity contribution in [2.75, 3.05) is 24.6 Å². The van der Waals surface area contributed by atoms with Crippen molar-refractivity contribution in [3.8, 4) is 0 Å². The minimum Gasteiger partial charge on any atom is -0.478 e. The van der Waals surface area contributed by atoms with E-state index in [0.29, 0.717) is 17.3 Å². The molecule has 0 heterocycles. The minimum atomic E-state index is -1.01. The number of carboxylic acid groups (broad SMARTS) is 1. The van der Waals surface area contributed by atoms with Crippen molar-refractivity contribution < 1.29 is 15.0 Å². The zero-order chi connectivity index (χ0) is 13.5. The van der Waals surface area contributed by atoms with Crippen LogP contribution in [0.15, 0.2) is 18.2 Å². The summed E-state index contributed by atoms with van der Waals surface area (Å²) in [5, 5.41) is 18.6. The number of anilines is 1. The van der Waals surface area contributed by atoms with Gasteiger partial charge >= 0.3 is 5.97 Å². The Morgan fingerprint density at radius 2 is 2.11 bits per heavy atom. The van der Waals surface area contributed by atoms with Crippen molar-refractivity contribution >= 4 is 23.3 Å². The lowest BCUT2D eigenvalue weighted by molar-refractivity contribution is 0.0697. The fourth-order valence-corrected chi connectivity index (χ4v) is 1.95. The summed E-state index contributed by atoms with van der Waals surface area (Å²) in [5.41, 5.74) is 0.779. The molecule has 0 saturated carbocycles. The molecule has 1 aromatic rings. The van der Waals surface area contributed by atoms with E-state index in [1.165, 1.54) is 6.07 Å². The largest absolute Gasteiger partial charge is 0.478 e. The van der Waals surface area contributed by atoms with Crippen LogP contribution in [0.3, 0.4) is 0 Å². The molecule has 0 atom stereocenters. The van der Waals surface area contributed by atoms with E-state index in [-0.39, 0.29) is 12.2 Å². The lowest BCUT2D eigenvalue weighted by Gasteiger charge is -2.25. The van der Waals surface area contributed by atoms with Crippen LogP contribution in [0.25, 0.3) is 0 Å². The second kappa shape index (κ2) is 7.24. The fraction of sp³-hybridized carbons (Fsp3) is 0.462.